The Morgan fingerprint density at radius 3 is 1.50 bits per heavy atom. The number of hydrogen-bond donors (Lipinski definition) is 4. The number of phenolic OH excluding ortho intramolecular Hbond substituents is 1. The number of nitrogen functional groups attached to an aromatic ring is 3. The zero-order valence-electron chi connectivity index (χ0n) is 10.3. The second-order valence-corrected chi connectivity index (χ2v) is 4.58. The fourth-order valence-corrected chi connectivity index (χ4v) is 2.46. The van der Waals surface area contributed by atoms with Gasteiger partial charge >= 0.3 is 0 Å². The van der Waals surface area contributed by atoms with Gasteiger partial charge in [0.05, 0.1) is 22.3 Å². The topological polar surface area (TPSA) is 132 Å². The Labute approximate surface area is 113 Å². The van der Waals surface area contributed by atoms with E-state index in [9.17, 15) is 14.7 Å². The zero-order valence-corrected chi connectivity index (χ0v) is 10.3. The van der Waals surface area contributed by atoms with Crippen molar-refractivity contribution in [1.29, 1.82) is 0 Å². The largest absolute Gasteiger partial charge is 0.507 e. The Morgan fingerprint density at radius 2 is 1.00 bits per heavy atom. The molecule has 0 saturated carbocycles. The van der Waals surface area contributed by atoms with E-state index in [-0.39, 0.29) is 45.1 Å². The highest BCUT2D eigenvalue weighted by atomic mass is 16.3. The molecule has 0 aliphatic heterocycles. The molecule has 0 aromatic heterocycles. The molecule has 0 spiro atoms. The molecule has 0 heterocycles. The highest BCUT2D eigenvalue weighted by Crippen LogP contribution is 2.39. The van der Waals surface area contributed by atoms with Gasteiger partial charge in [-0.25, -0.2) is 0 Å². The Morgan fingerprint density at radius 1 is 0.650 bits per heavy atom. The zero-order chi connectivity index (χ0) is 14.6. The van der Waals surface area contributed by atoms with Crippen LogP contribution in [0.15, 0.2) is 24.3 Å². The number of anilines is 3. The molecule has 1 aliphatic rings. The maximum atomic E-state index is 12.5. The number of aromatic hydroxyl groups is 1. The van der Waals surface area contributed by atoms with E-state index in [1.54, 1.807) is 0 Å². The van der Waals surface area contributed by atoms with Crippen LogP contribution < -0.4 is 17.2 Å². The molecular weight excluding hydrogens is 258 g/mol. The number of fused-ring (bicyclic) bond motifs is 2. The number of phenols is 1. The highest BCUT2D eigenvalue weighted by molar-refractivity contribution is 6.33. The van der Waals surface area contributed by atoms with Crippen molar-refractivity contribution in [2.75, 3.05) is 17.2 Å². The number of nitrogens with two attached hydrogens (primary N) is 3. The van der Waals surface area contributed by atoms with Crippen molar-refractivity contribution in [3.8, 4) is 5.75 Å². The van der Waals surface area contributed by atoms with Crippen LogP contribution in [0.4, 0.5) is 17.1 Å². The maximum Gasteiger partial charge on any atom is 0.200 e. The lowest BCUT2D eigenvalue weighted by Gasteiger charge is -2.22. The van der Waals surface area contributed by atoms with E-state index in [2.05, 4.69) is 0 Å². The van der Waals surface area contributed by atoms with Gasteiger partial charge in [0.25, 0.3) is 0 Å². The van der Waals surface area contributed by atoms with Crippen LogP contribution in [0.5, 0.6) is 5.75 Å². The molecule has 0 atom stereocenters. The molecule has 0 fully saturated rings. The van der Waals surface area contributed by atoms with Crippen molar-refractivity contribution in [3.63, 3.8) is 0 Å². The molecule has 0 amide bonds. The Hall–Kier alpha value is -3.02. The van der Waals surface area contributed by atoms with Crippen molar-refractivity contribution >= 4 is 28.6 Å². The average Bonchev–Trinajstić information content (AvgIpc) is 2.41. The molecule has 1 aliphatic carbocycles. The molecule has 0 unspecified atom stereocenters. The minimum Gasteiger partial charge on any atom is -0.507 e. The van der Waals surface area contributed by atoms with Crippen molar-refractivity contribution in [1.82, 2.24) is 0 Å². The van der Waals surface area contributed by atoms with E-state index >= 15 is 0 Å². The molecule has 6 nitrogen and oxygen atoms in total. The van der Waals surface area contributed by atoms with Crippen LogP contribution in [-0.4, -0.2) is 16.7 Å². The summed E-state index contributed by atoms with van der Waals surface area (Å²) < 4.78 is 0. The SMILES string of the molecule is Nc1ccc(N)c2c1C(=O)c1c(N)ccc(O)c1C2=O. The minimum absolute atomic E-state index is 0.0170. The summed E-state index contributed by atoms with van der Waals surface area (Å²) in [4.78, 5) is 25.0. The molecule has 2 aromatic rings. The van der Waals surface area contributed by atoms with Gasteiger partial charge in [-0.3, -0.25) is 9.59 Å². The van der Waals surface area contributed by atoms with Crippen LogP contribution in [0.1, 0.15) is 31.8 Å². The molecule has 20 heavy (non-hydrogen) atoms. The fraction of sp³-hybridized carbons (Fsp3) is 0. The lowest BCUT2D eigenvalue weighted by atomic mass is 9.81. The van der Waals surface area contributed by atoms with E-state index in [4.69, 9.17) is 17.2 Å². The summed E-state index contributed by atoms with van der Waals surface area (Å²) in [7, 11) is 0. The molecule has 3 rings (SSSR count). The summed E-state index contributed by atoms with van der Waals surface area (Å²) in [5, 5.41) is 9.85. The van der Waals surface area contributed by atoms with Gasteiger partial charge in [0.1, 0.15) is 5.75 Å². The molecule has 6 heteroatoms. The third-order valence-corrected chi connectivity index (χ3v) is 3.39. The van der Waals surface area contributed by atoms with Crippen LogP contribution in [-0.2, 0) is 0 Å². The molecule has 0 radical (unpaired) electrons. The van der Waals surface area contributed by atoms with Gasteiger partial charge in [-0.15, -0.1) is 0 Å². The van der Waals surface area contributed by atoms with Crippen LogP contribution in [0, 0.1) is 0 Å². The first-order valence-electron chi connectivity index (χ1n) is 5.82. The summed E-state index contributed by atoms with van der Waals surface area (Å²) in [6.07, 6.45) is 0. The quantitative estimate of drug-likeness (QED) is 0.354. The van der Waals surface area contributed by atoms with Gasteiger partial charge in [0.15, 0.2) is 11.6 Å². The normalized spacial score (nSPS) is 13.0. The number of benzene rings is 2. The molecule has 7 N–H and O–H groups in total. The predicted molar refractivity (Wildman–Crippen MR) is 74.7 cm³/mol. The third kappa shape index (κ3) is 1.33. The fourth-order valence-electron chi connectivity index (χ4n) is 2.46. The van der Waals surface area contributed by atoms with Crippen LogP contribution in [0.25, 0.3) is 0 Å². The first-order chi connectivity index (χ1) is 9.43. The van der Waals surface area contributed by atoms with Crippen LogP contribution in [0.3, 0.4) is 0 Å². The number of rotatable bonds is 0. The summed E-state index contributed by atoms with van der Waals surface area (Å²) >= 11 is 0. The monoisotopic (exact) mass is 269 g/mol. The summed E-state index contributed by atoms with van der Waals surface area (Å²) in [5.41, 5.74) is 17.6. The number of hydrogen-bond acceptors (Lipinski definition) is 6. The van der Waals surface area contributed by atoms with Gasteiger partial charge in [0, 0.05) is 17.1 Å². The van der Waals surface area contributed by atoms with E-state index < -0.39 is 11.6 Å². The van der Waals surface area contributed by atoms with Crippen molar-refractivity contribution in [3.05, 3.63) is 46.5 Å². The Balaban J connectivity index is 2.46. The molecular formula is C14H11N3O3. The second kappa shape index (κ2) is 3.74. The van der Waals surface area contributed by atoms with Crippen LogP contribution >= 0.6 is 0 Å². The first kappa shape index (κ1) is 12.0. The van der Waals surface area contributed by atoms with E-state index in [1.807, 2.05) is 0 Å². The average molecular weight is 269 g/mol. The van der Waals surface area contributed by atoms with Crippen molar-refractivity contribution in [2.24, 2.45) is 0 Å². The van der Waals surface area contributed by atoms with Gasteiger partial charge in [-0.05, 0) is 24.3 Å². The van der Waals surface area contributed by atoms with E-state index in [1.165, 1.54) is 24.3 Å². The molecule has 0 bridgehead atoms. The number of carbonyl (C=O) groups excluding carboxylic acids is 2. The first-order valence-corrected chi connectivity index (χ1v) is 5.82. The minimum atomic E-state index is -0.552. The number of carbonyl (C=O) groups is 2. The standard InChI is InChI=1S/C14H11N3O3/c15-5-1-2-6(16)10-9(5)13(19)11-7(17)3-4-8(18)12(11)14(10)20/h1-4,18H,15-17H2. The highest BCUT2D eigenvalue weighted by Gasteiger charge is 2.36. The Bertz CT molecular complexity index is 667. The summed E-state index contributed by atoms with van der Waals surface area (Å²) in [5.74, 6) is -1.36. The van der Waals surface area contributed by atoms with Gasteiger partial charge in [-0.2, -0.15) is 0 Å². The smallest absolute Gasteiger partial charge is 0.200 e. The molecule has 0 saturated heterocycles. The van der Waals surface area contributed by atoms with Gasteiger partial charge in [-0.1, -0.05) is 0 Å². The lowest BCUT2D eigenvalue weighted by Crippen LogP contribution is -2.25. The second-order valence-electron chi connectivity index (χ2n) is 4.58. The summed E-state index contributed by atoms with van der Waals surface area (Å²) in [6, 6.07) is 5.55. The number of ketones is 2. The Kier molecular flexibility index (Phi) is 2.25. The maximum absolute atomic E-state index is 12.5. The third-order valence-electron chi connectivity index (χ3n) is 3.39. The molecule has 2 aromatic carbocycles. The predicted octanol–water partition coefficient (Wildman–Crippen LogP) is 0.914. The molecule has 100 valence electrons. The summed E-state index contributed by atoms with van der Waals surface area (Å²) in [6.45, 7) is 0. The van der Waals surface area contributed by atoms with Gasteiger partial charge < -0.3 is 22.3 Å². The lowest BCUT2D eigenvalue weighted by molar-refractivity contribution is 0.0978. The van der Waals surface area contributed by atoms with E-state index in [0.29, 0.717) is 0 Å². The van der Waals surface area contributed by atoms with E-state index in [0.717, 1.165) is 0 Å². The van der Waals surface area contributed by atoms with Crippen molar-refractivity contribution < 1.29 is 14.7 Å². The van der Waals surface area contributed by atoms with Crippen LogP contribution in [0.2, 0.25) is 0 Å². The van der Waals surface area contributed by atoms with Gasteiger partial charge in [0.2, 0.25) is 0 Å². The van der Waals surface area contributed by atoms with Crippen molar-refractivity contribution in [2.45, 2.75) is 0 Å².